The van der Waals surface area contributed by atoms with Crippen molar-refractivity contribution in [3.05, 3.63) is 66.2 Å². The molecule has 1 aliphatic rings. The third kappa shape index (κ3) is 3.56. The van der Waals surface area contributed by atoms with Gasteiger partial charge in [-0.05, 0) is 42.2 Å². The number of benzene rings is 1. The maximum Gasteiger partial charge on any atom is 0.227 e. The number of ether oxygens (including phenoxy) is 1. The first kappa shape index (κ1) is 17.3. The van der Waals surface area contributed by atoms with Gasteiger partial charge in [0.15, 0.2) is 0 Å². The summed E-state index contributed by atoms with van der Waals surface area (Å²) in [7, 11) is 1.66. The van der Waals surface area contributed by atoms with Crippen LogP contribution in [0.3, 0.4) is 0 Å². The van der Waals surface area contributed by atoms with Crippen LogP contribution in [0.4, 0.5) is 0 Å². The van der Waals surface area contributed by atoms with Crippen LogP contribution >= 0.6 is 0 Å². The summed E-state index contributed by atoms with van der Waals surface area (Å²) >= 11 is 0. The summed E-state index contributed by atoms with van der Waals surface area (Å²) in [6.07, 6.45) is 7.58. The van der Waals surface area contributed by atoms with Crippen LogP contribution in [-0.2, 0) is 11.2 Å². The van der Waals surface area contributed by atoms with E-state index in [9.17, 15) is 4.79 Å². The second kappa shape index (κ2) is 7.61. The highest BCUT2D eigenvalue weighted by molar-refractivity contribution is 5.80. The first-order valence-corrected chi connectivity index (χ1v) is 9.12. The molecule has 1 saturated heterocycles. The van der Waals surface area contributed by atoms with Crippen molar-refractivity contribution in [2.45, 2.75) is 25.3 Å². The normalized spacial score (nSPS) is 16.5. The Balaban J connectivity index is 1.59. The highest BCUT2D eigenvalue weighted by Gasteiger charge is 2.32. The number of likely N-dealkylation sites (tertiary alicyclic amines) is 1. The van der Waals surface area contributed by atoms with E-state index in [1.807, 2.05) is 47.5 Å². The van der Waals surface area contributed by atoms with Gasteiger partial charge < -0.3 is 9.64 Å². The fraction of sp³-hybridized carbons (Fsp3) is 0.286. The molecular weight excluding hydrogens is 340 g/mol. The van der Waals surface area contributed by atoms with Crippen LogP contribution in [0.2, 0.25) is 0 Å². The smallest absolute Gasteiger partial charge is 0.227 e. The van der Waals surface area contributed by atoms with E-state index < -0.39 is 0 Å². The molecule has 1 amide bonds. The maximum atomic E-state index is 12.9. The van der Waals surface area contributed by atoms with Gasteiger partial charge in [0.1, 0.15) is 5.75 Å². The number of carbonyl (C=O) groups is 1. The number of H-pyrrole nitrogens is 1. The quantitative estimate of drug-likeness (QED) is 0.755. The van der Waals surface area contributed by atoms with Gasteiger partial charge in [0, 0.05) is 24.5 Å². The molecular formula is C21H22N4O2. The highest BCUT2D eigenvalue weighted by atomic mass is 16.5. The van der Waals surface area contributed by atoms with Gasteiger partial charge in [0.2, 0.25) is 5.91 Å². The van der Waals surface area contributed by atoms with E-state index in [1.165, 1.54) is 0 Å². The molecule has 27 heavy (non-hydrogen) atoms. The fourth-order valence-electron chi connectivity index (χ4n) is 3.71. The van der Waals surface area contributed by atoms with Gasteiger partial charge in [-0.25, -0.2) is 0 Å². The highest BCUT2D eigenvalue weighted by Crippen LogP contribution is 2.37. The van der Waals surface area contributed by atoms with Gasteiger partial charge >= 0.3 is 0 Å². The molecule has 6 heteroatoms. The zero-order chi connectivity index (χ0) is 18.6. The van der Waals surface area contributed by atoms with Gasteiger partial charge in [-0.15, -0.1) is 0 Å². The fourth-order valence-corrected chi connectivity index (χ4v) is 3.71. The number of aromatic amines is 1. The minimum absolute atomic E-state index is 0.0119. The summed E-state index contributed by atoms with van der Waals surface area (Å²) < 4.78 is 5.34. The lowest BCUT2D eigenvalue weighted by molar-refractivity contribution is -0.131. The Morgan fingerprint density at radius 2 is 2.22 bits per heavy atom. The molecule has 0 spiro atoms. The number of aromatic nitrogens is 3. The van der Waals surface area contributed by atoms with E-state index in [-0.39, 0.29) is 11.9 Å². The molecule has 3 heterocycles. The minimum Gasteiger partial charge on any atom is -0.497 e. The summed E-state index contributed by atoms with van der Waals surface area (Å²) in [6.45, 7) is 0.764. The second-order valence-electron chi connectivity index (χ2n) is 6.71. The number of hydrogen-bond acceptors (Lipinski definition) is 4. The summed E-state index contributed by atoms with van der Waals surface area (Å²) in [5.74, 6) is 0.923. The van der Waals surface area contributed by atoms with Gasteiger partial charge in [0.05, 0.1) is 31.5 Å². The van der Waals surface area contributed by atoms with E-state index >= 15 is 0 Å². The molecule has 1 aromatic carbocycles. The van der Waals surface area contributed by atoms with Crippen LogP contribution in [0.25, 0.3) is 11.1 Å². The Morgan fingerprint density at radius 1 is 1.30 bits per heavy atom. The molecule has 3 aromatic rings. The van der Waals surface area contributed by atoms with E-state index in [2.05, 4.69) is 15.2 Å². The number of nitrogens with zero attached hydrogens (tertiary/aromatic N) is 3. The number of nitrogens with one attached hydrogen (secondary N) is 1. The maximum absolute atomic E-state index is 12.9. The minimum atomic E-state index is 0.0119. The Morgan fingerprint density at radius 3 is 3.04 bits per heavy atom. The Kier molecular flexibility index (Phi) is 4.87. The summed E-state index contributed by atoms with van der Waals surface area (Å²) in [5, 5.41) is 7.40. The van der Waals surface area contributed by atoms with Crippen molar-refractivity contribution in [3.63, 3.8) is 0 Å². The van der Waals surface area contributed by atoms with Crippen molar-refractivity contribution in [1.29, 1.82) is 0 Å². The molecule has 0 saturated carbocycles. The largest absolute Gasteiger partial charge is 0.497 e. The van der Waals surface area contributed by atoms with Crippen molar-refractivity contribution in [2.75, 3.05) is 13.7 Å². The first-order chi connectivity index (χ1) is 13.3. The molecule has 4 rings (SSSR count). The molecule has 2 aromatic heterocycles. The lowest BCUT2D eigenvalue weighted by Gasteiger charge is -2.25. The molecule has 1 atom stereocenters. The summed E-state index contributed by atoms with van der Waals surface area (Å²) in [5.41, 5.74) is 3.97. The molecule has 0 bridgehead atoms. The van der Waals surface area contributed by atoms with Crippen molar-refractivity contribution >= 4 is 5.91 Å². The third-order valence-corrected chi connectivity index (χ3v) is 5.03. The number of amides is 1. The van der Waals surface area contributed by atoms with Crippen LogP contribution in [0.1, 0.15) is 30.1 Å². The topological polar surface area (TPSA) is 71.1 Å². The predicted octanol–water partition coefficient (Wildman–Crippen LogP) is 3.39. The van der Waals surface area contributed by atoms with E-state index in [4.69, 9.17) is 4.74 Å². The van der Waals surface area contributed by atoms with E-state index in [1.54, 1.807) is 19.5 Å². The molecule has 138 valence electrons. The van der Waals surface area contributed by atoms with Crippen molar-refractivity contribution in [2.24, 2.45) is 0 Å². The van der Waals surface area contributed by atoms with Crippen LogP contribution in [0.15, 0.2) is 55.0 Å². The number of rotatable bonds is 5. The lowest BCUT2D eigenvalue weighted by Crippen LogP contribution is -2.32. The number of methoxy groups -OCH3 is 1. The van der Waals surface area contributed by atoms with Crippen molar-refractivity contribution in [1.82, 2.24) is 20.1 Å². The summed E-state index contributed by atoms with van der Waals surface area (Å²) in [6, 6.07) is 11.7. The average Bonchev–Trinajstić information content (AvgIpc) is 3.38. The predicted molar refractivity (Wildman–Crippen MR) is 102 cm³/mol. The second-order valence-corrected chi connectivity index (χ2v) is 6.71. The summed E-state index contributed by atoms with van der Waals surface area (Å²) in [4.78, 5) is 19.0. The zero-order valence-electron chi connectivity index (χ0n) is 15.3. The molecule has 0 aliphatic carbocycles. The van der Waals surface area contributed by atoms with E-state index in [0.717, 1.165) is 47.5 Å². The number of carbonyl (C=O) groups excluding carboxylic acids is 1. The lowest BCUT2D eigenvalue weighted by atomic mass is 10.0. The van der Waals surface area contributed by atoms with Gasteiger partial charge in [-0.1, -0.05) is 18.2 Å². The van der Waals surface area contributed by atoms with Crippen LogP contribution in [-0.4, -0.2) is 39.6 Å². The zero-order valence-corrected chi connectivity index (χ0v) is 15.3. The van der Waals surface area contributed by atoms with Crippen LogP contribution in [0, 0.1) is 0 Å². The third-order valence-electron chi connectivity index (χ3n) is 5.03. The molecule has 0 radical (unpaired) electrons. The van der Waals surface area contributed by atoms with Crippen molar-refractivity contribution in [3.8, 4) is 16.9 Å². The van der Waals surface area contributed by atoms with Crippen molar-refractivity contribution < 1.29 is 9.53 Å². The Bertz CT molecular complexity index is 923. The molecule has 6 nitrogen and oxygen atoms in total. The number of hydrogen-bond donors (Lipinski definition) is 1. The van der Waals surface area contributed by atoms with Gasteiger partial charge in [-0.3, -0.25) is 14.9 Å². The monoisotopic (exact) mass is 362 g/mol. The Labute approximate surface area is 158 Å². The van der Waals surface area contributed by atoms with E-state index in [0.29, 0.717) is 6.42 Å². The number of pyridine rings is 1. The standard InChI is InChI=1S/C21H22N4O2/c1-27-17-7-2-6-16(12-17)18-14-23-24-21(18)19-8-4-10-25(19)20(26)11-15-5-3-9-22-13-15/h2-3,5-7,9,12-14,19H,4,8,10-11H2,1H3,(H,23,24). The Hall–Kier alpha value is -3.15. The van der Waals surface area contributed by atoms with Crippen LogP contribution in [0.5, 0.6) is 5.75 Å². The molecule has 1 aliphatic heterocycles. The molecule has 1 N–H and O–H groups in total. The first-order valence-electron chi connectivity index (χ1n) is 9.12. The molecule has 1 unspecified atom stereocenters. The average molecular weight is 362 g/mol. The SMILES string of the molecule is COc1cccc(-c2cn[nH]c2C2CCCN2C(=O)Cc2cccnc2)c1. The van der Waals surface area contributed by atoms with Crippen LogP contribution < -0.4 is 4.74 Å². The van der Waals surface area contributed by atoms with Gasteiger partial charge in [-0.2, -0.15) is 5.10 Å². The van der Waals surface area contributed by atoms with Gasteiger partial charge in [0.25, 0.3) is 0 Å². The molecule has 1 fully saturated rings.